The van der Waals surface area contributed by atoms with Gasteiger partial charge in [0.15, 0.2) is 0 Å². The van der Waals surface area contributed by atoms with Crippen molar-refractivity contribution in [3.05, 3.63) is 0 Å². The van der Waals surface area contributed by atoms with Crippen LogP contribution < -0.4 is 11.1 Å². The highest BCUT2D eigenvalue weighted by molar-refractivity contribution is 5.75. The fourth-order valence-electron chi connectivity index (χ4n) is 1.97. The second-order valence-corrected chi connectivity index (χ2v) is 5.39. The molecule has 1 saturated carbocycles. The number of carbonyl (C=O) groups is 1. The highest BCUT2D eigenvalue weighted by Gasteiger charge is 2.41. The van der Waals surface area contributed by atoms with E-state index in [1.54, 1.807) is 7.11 Å². The van der Waals surface area contributed by atoms with Crippen LogP contribution in [0.2, 0.25) is 0 Å². The number of hydrogen-bond donors (Lipinski definition) is 2. The Bertz CT molecular complexity index is 238. The molecule has 100 valence electrons. The zero-order valence-electron chi connectivity index (χ0n) is 11.1. The molecule has 0 aromatic heterocycles. The van der Waals surface area contributed by atoms with Crippen LogP contribution in [0.15, 0.2) is 0 Å². The molecule has 4 nitrogen and oxygen atoms in total. The van der Waals surface area contributed by atoms with Gasteiger partial charge >= 0.3 is 0 Å². The molecule has 1 unspecified atom stereocenters. The third-order valence-corrected chi connectivity index (χ3v) is 3.52. The molecule has 1 atom stereocenters. The van der Waals surface area contributed by atoms with Crippen molar-refractivity contribution >= 4 is 5.91 Å². The predicted molar refractivity (Wildman–Crippen MR) is 68.7 cm³/mol. The molecule has 1 amide bonds. The van der Waals surface area contributed by atoms with Crippen molar-refractivity contribution in [1.82, 2.24) is 5.32 Å². The third-order valence-electron chi connectivity index (χ3n) is 3.52. The van der Waals surface area contributed by atoms with Crippen molar-refractivity contribution < 1.29 is 9.53 Å². The standard InChI is InChI=1S/C13H26N2O2/c1-11(14)4-3-5-12(16)15-10-13(6-7-13)8-9-17-2/h11H,3-10,14H2,1-2H3,(H,15,16). The molecule has 4 heteroatoms. The Kier molecular flexibility index (Phi) is 5.92. The molecule has 0 bridgehead atoms. The van der Waals surface area contributed by atoms with Gasteiger partial charge in [0, 0.05) is 32.7 Å². The van der Waals surface area contributed by atoms with E-state index >= 15 is 0 Å². The van der Waals surface area contributed by atoms with Crippen molar-refractivity contribution in [2.24, 2.45) is 11.1 Å². The molecular weight excluding hydrogens is 216 g/mol. The van der Waals surface area contributed by atoms with Crippen molar-refractivity contribution in [3.63, 3.8) is 0 Å². The smallest absolute Gasteiger partial charge is 0.220 e. The Labute approximate surface area is 104 Å². The molecular formula is C13H26N2O2. The number of nitrogens with one attached hydrogen (secondary N) is 1. The van der Waals surface area contributed by atoms with Crippen LogP contribution in [-0.2, 0) is 9.53 Å². The Hall–Kier alpha value is -0.610. The van der Waals surface area contributed by atoms with Gasteiger partial charge < -0.3 is 15.8 Å². The number of ether oxygens (including phenoxy) is 1. The molecule has 1 aliphatic rings. The lowest BCUT2D eigenvalue weighted by molar-refractivity contribution is -0.121. The molecule has 0 aromatic rings. The van der Waals surface area contributed by atoms with E-state index in [0.29, 0.717) is 11.8 Å². The molecule has 3 N–H and O–H groups in total. The van der Waals surface area contributed by atoms with Crippen LogP contribution in [0.5, 0.6) is 0 Å². The van der Waals surface area contributed by atoms with Crippen molar-refractivity contribution in [2.75, 3.05) is 20.3 Å². The maximum Gasteiger partial charge on any atom is 0.220 e. The second kappa shape index (κ2) is 6.97. The van der Waals surface area contributed by atoms with Crippen LogP contribution in [-0.4, -0.2) is 32.2 Å². The van der Waals surface area contributed by atoms with Gasteiger partial charge in [-0.15, -0.1) is 0 Å². The lowest BCUT2D eigenvalue weighted by Crippen LogP contribution is -2.30. The zero-order valence-corrected chi connectivity index (χ0v) is 11.1. The summed E-state index contributed by atoms with van der Waals surface area (Å²) in [4.78, 5) is 11.6. The fourth-order valence-corrected chi connectivity index (χ4v) is 1.97. The molecule has 0 heterocycles. The summed E-state index contributed by atoms with van der Waals surface area (Å²) in [5.41, 5.74) is 5.98. The lowest BCUT2D eigenvalue weighted by atomic mass is 10.0. The number of carbonyl (C=O) groups excluding carboxylic acids is 1. The Morgan fingerprint density at radius 2 is 2.24 bits per heavy atom. The Morgan fingerprint density at radius 3 is 2.76 bits per heavy atom. The summed E-state index contributed by atoms with van der Waals surface area (Å²) in [5.74, 6) is 0.161. The van der Waals surface area contributed by atoms with Crippen LogP contribution in [0.25, 0.3) is 0 Å². The van der Waals surface area contributed by atoms with Gasteiger partial charge in [0.05, 0.1) is 0 Å². The molecule has 0 radical (unpaired) electrons. The summed E-state index contributed by atoms with van der Waals surface area (Å²) in [6.45, 7) is 3.58. The van der Waals surface area contributed by atoms with Crippen molar-refractivity contribution in [1.29, 1.82) is 0 Å². The number of rotatable bonds is 9. The van der Waals surface area contributed by atoms with E-state index in [4.69, 9.17) is 10.5 Å². The summed E-state index contributed by atoms with van der Waals surface area (Å²) in [7, 11) is 1.72. The van der Waals surface area contributed by atoms with Crippen LogP contribution in [0.1, 0.15) is 45.4 Å². The lowest BCUT2D eigenvalue weighted by Gasteiger charge is -2.15. The van der Waals surface area contributed by atoms with E-state index in [1.165, 1.54) is 12.8 Å². The van der Waals surface area contributed by atoms with E-state index < -0.39 is 0 Å². The van der Waals surface area contributed by atoms with E-state index in [2.05, 4.69) is 5.32 Å². The molecule has 1 aliphatic carbocycles. The van der Waals surface area contributed by atoms with Gasteiger partial charge in [-0.25, -0.2) is 0 Å². The highest BCUT2D eigenvalue weighted by atomic mass is 16.5. The van der Waals surface area contributed by atoms with Gasteiger partial charge in [0.1, 0.15) is 0 Å². The number of nitrogens with two attached hydrogens (primary N) is 1. The second-order valence-electron chi connectivity index (χ2n) is 5.39. The van der Waals surface area contributed by atoms with Gasteiger partial charge in [-0.1, -0.05) is 0 Å². The molecule has 0 saturated heterocycles. The number of amides is 1. The SMILES string of the molecule is COCCC1(CNC(=O)CCCC(C)N)CC1. The number of hydrogen-bond acceptors (Lipinski definition) is 3. The number of methoxy groups -OCH3 is 1. The van der Waals surface area contributed by atoms with Gasteiger partial charge in [0.2, 0.25) is 5.91 Å². The molecule has 1 fully saturated rings. The third kappa shape index (κ3) is 6.03. The van der Waals surface area contributed by atoms with E-state index in [9.17, 15) is 4.79 Å². The largest absolute Gasteiger partial charge is 0.385 e. The predicted octanol–water partition coefficient (Wildman–Crippen LogP) is 1.44. The van der Waals surface area contributed by atoms with Gasteiger partial charge in [-0.2, -0.15) is 0 Å². The fraction of sp³-hybridized carbons (Fsp3) is 0.923. The molecule has 0 aromatic carbocycles. The summed E-state index contributed by atoms with van der Waals surface area (Å²) in [6, 6.07) is 0.194. The first kappa shape index (κ1) is 14.5. The van der Waals surface area contributed by atoms with Crippen molar-refractivity contribution in [2.45, 2.75) is 51.5 Å². The van der Waals surface area contributed by atoms with E-state index in [0.717, 1.165) is 32.4 Å². The van der Waals surface area contributed by atoms with Gasteiger partial charge in [-0.05, 0) is 44.4 Å². The Morgan fingerprint density at radius 1 is 1.53 bits per heavy atom. The minimum absolute atomic E-state index is 0.161. The highest BCUT2D eigenvalue weighted by Crippen LogP contribution is 2.48. The first-order chi connectivity index (χ1) is 8.08. The normalized spacial score (nSPS) is 18.8. The molecule has 0 spiro atoms. The first-order valence-corrected chi connectivity index (χ1v) is 6.59. The minimum atomic E-state index is 0.161. The van der Waals surface area contributed by atoms with Crippen LogP contribution in [0.4, 0.5) is 0 Å². The maximum atomic E-state index is 11.6. The van der Waals surface area contributed by atoms with Crippen molar-refractivity contribution in [3.8, 4) is 0 Å². The van der Waals surface area contributed by atoms with Crippen LogP contribution in [0, 0.1) is 5.41 Å². The van der Waals surface area contributed by atoms with E-state index in [1.807, 2.05) is 6.92 Å². The molecule has 1 rings (SSSR count). The molecule has 17 heavy (non-hydrogen) atoms. The summed E-state index contributed by atoms with van der Waals surface area (Å²) in [5, 5.41) is 3.03. The van der Waals surface area contributed by atoms with E-state index in [-0.39, 0.29) is 11.9 Å². The Balaban J connectivity index is 2.07. The molecule has 0 aliphatic heterocycles. The average molecular weight is 242 g/mol. The first-order valence-electron chi connectivity index (χ1n) is 6.59. The topological polar surface area (TPSA) is 64.3 Å². The monoisotopic (exact) mass is 242 g/mol. The zero-order chi connectivity index (χ0) is 12.7. The quantitative estimate of drug-likeness (QED) is 0.643. The average Bonchev–Trinajstić information content (AvgIpc) is 3.04. The summed E-state index contributed by atoms with van der Waals surface area (Å²) in [6.07, 6.45) is 5.90. The maximum absolute atomic E-state index is 11.6. The van der Waals surface area contributed by atoms with Crippen LogP contribution >= 0.6 is 0 Å². The van der Waals surface area contributed by atoms with Gasteiger partial charge in [0.25, 0.3) is 0 Å². The summed E-state index contributed by atoms with van der Waals surface area (Å²) >= 11 is 0. The minimum Gasteiger partial charge on any atom is -0.385 e. The van der Waals surface area contributed by atoms with Gasteiger partial charge in [-0.3, -0.25) is 4.79 Å². The van der Waals surface area contributed by atoms with Crippen LogP contribution in [0.3, 0.4) is 0 Å². The summed E-state index contributed by atoms with van der Waals surface area (Å²) < 4.78 is 5.09.